The van der Waals surface area contributed by atoms with Gasteiger partial charge in [-0.2, -0.15) is 0 Å². The lowest BCUT2D eigenvalue weighted by atomic mass is 9.91. The largest absolute Gasteiger partial charge is 0.493 e. The molecule has 2 atom stereocenters. The van der Waals surface area contributed by atoms with Crippen LogP contribution in [0.4, 0.5) is 5.69 Å². The fourth-order valence-corrected chi connectivity index (χ4v) is 2.79. The number of ether oxygens (including phenoxy) is 1. The maximum atomic E-state index is 5.82. The molecule has 1 heterocycles. The van der Waals surface area contributed by atoms with Gasteiger partial charge in [-0.05, 0) is 37.1 Å². The average molecular weight is 267 g/mol. The van der Waals surface area contributed by atoms with E-state index in [1.807, 2.05) is 6.07 Å². The molecule has 20 heavy (non-hydrogen) atoms. The zero-order chi connectivity index (χ0) is 14.1. The molecule has 2 unspecified atom stereocenters. The molecule has 0 radical (unpaired) electrons. The van der Waals surface area contributed by atoms with Crippen LogP contribution in [0, 0.1) is 19.8 Å². The quantitative estimate of drug-likeness (QED) is 0.866. The minimum absolute atomic E-state index is 0.306. The summed E-state index contributed by atoms with van der Waals surface area (Å²) in [7, 11) is 0. The van der Waals surface area contributed by atoms with Crippen LogP contribution in [0.2, 0.25) is 0 Å². The van der Waals surface area contributed by atoms with Gasteiger partial charge in [0, 0.05) is 17.2 Å². The predicted molar refractivity (Wildman–Crippen MR) is 83.4 cm³/mol. The lowest BCUT2D eigenvalue weighted by Gasteiger charge is -2.33. The first-order valence-electron chi connectivity index (χ1n) is 7.21. The first-order valence-corrected chi connectivity index (χ1v) is 7.21. The van der Waals surface area contributed by atoms with E-state index in [2.05, 4.69) is 62.5 Å². The van der Waals surface area contributed by atoms with Gasteiger partial charge < -0.3 is 10.1 Å². The highest BCUT2D eigenvalue weighted by Crippen LogP contribution is 2.37. The zero-order valence-electron chi connectivity index (χ0n) is 12.3. The monoisotopic (exact) mass is 267 g/mol. The molecule has 0 aliphatic carbocycles. The number of benzene rings is 2. The van der Waals surface area contributed by atoms with E-state index in [-0.39, 0.29) is 0 Å². The first kappa shape index (κ1) is 13.0. The number of anilines is 1. The van der Waals surface area contributed by atoms with Crippen molar-refractivity contribution < 1.29 is 4.74 Å². The Balaban J connectivity index is 1.96. The van der Waals surface area contributed by atoms with Crippen LogP contribution in [0.1, 0.15) is 29.7 Å². The summed E-state index contributed by atoms with van der Waals surface area (Å²) >= 11 is 0. The third-order valence-corrected chi connectivity index (χ3v) is 4.24. The van der Waals surface area contributed by atoms with E-state index in [1.54, 1.807) is 0 Å². The molecule has 2 aromatic carbocycles. The number of nitrogens with one attached hydrogen (secondary N) is 1. The van der Waals surface area contributed by atoms with Crippen molar-refractivity contribution in [2.45, 2.75) is 26.8 Å². The second kappa shape index (κ2) is 5.20. The molecule has 0 fully saturated rings. The SMILES string of the molecule is Cc1cccc(NC2c3ccccc3OCC2C)c1C. The second-order valence-corrected chi connectivity index (χ2v) is 5.70. The van der Waals surface area contributed by atoms with Crippen molar-refractivity contribution >= 4 is 5.69 Å². The van der Waals surface area contributed by atoms with Gasteiger partial charge in [-0.25, -0.2) is 0 Å². The Hall–Kier alpha value is -1.96. The van der Waals surface area contributed by atoms with E-state index in [0.717, 1.165) is 12.4 Å². The third-order valence-electron chi connectivity index (χ3n) is 4.24. The van der Waals surface area contributed by atoms with Crippen molar-refractivity contribution in [3.8, 4) is 5.75 Å². The fraction of sp³-hybridized carbons (Fsp3) is 0.333. The van der Waals surface area contributed by atoms with Gasteiger partial charge in [0.2, 0.25) is 0 Å². The van der Waals surface area contributed by atoms with Crippen molar-refractivity contribution in [2.24, 2.45) is 5.92 Å². The Morgan fingerprint density at radius 1 is 1.05 bits per heavy atom. The maximum absolute atomic E-state index is 5.82. The summed E-state index contributed by atoms with van der Waals surface area (Å²) in [5, 5.41) is 3.72. The molecule has 1 N–H and O–H groups in total. The Morgan fingerprint density at radius 3 is 2.70 bits per heavy atom. The zero-order valence-corrected chi connectivity index (χ0v) is 12.3. The summed E-state index contributed by atoms with van der Waals surface area (Å²) in [6, 6.07) is 15.1. The first-order chi connectivity index (χ1) is 9.66. The number of para-hydroxylation sites is 1. The number of rotatable bonds is 2. The Labute approximate surface area is 120 Å². The molecule has 0 aromatic heterocycles. The topological polar surface area (TPSA) is 21.3 Å². The number of hydrogen-bond acceptors (Lipinski definition) is 2. The summed E-state index contributed by atoms with van der Waals surface area (Å²) < 4.78 is 5.82. The lowest BCUT2D eigenvalue weighted by Crippen LogP contribution is -2.29. The van der Waals surface area contributed by atoms with E-state index in [0.29, 0.717) is 12.0 Å². The van der Waals surface area contributed by atoms with Gasteiger partial charge in [0.1, 0.15) is 5.75 Å². The lowest BCUT2D eigenvalue weighted by molar-refractivity contribution is 0.214. The van der Waals surface area contributed by atoms with Crippen LogP contribution < -0.4 is 10.1 Å². The molecule has 0 spiro atoms. The van der Waals surface area contributed by atoms with Gasteiger partial charge >= 0.3 is 0 Å². The van der Waals surface area contributed by atoms with Crippen molar-refractivity contribution in [1.82, 2.24) is 0 Å². The molecular weight excluding hydrogens is 246 g/mol. The predicted octanol–water partition coefficient (Wildman–Crippen LogP) is 4.49. The Kier molecular flexibility index (Phi) is 3.39. The molecule has 0 amide bonds. The molecule has 1 aliphatic rings. The highest BCUT2D eigenvalue weighted by atomic mass is 16.5. The van der Waals surface area contributed by atoms with Gasteiger partial charge in [-0.1, -0.05) is 37.3 Å². The van der Waals surface area contributed by atoms with Crippen molar-refractivity contribution in [3.05, 3.63) is 59.2 Å². The second-order valence-electron chi connectivity index (χ2n) is 5.70. The molecule has 3 rings (SSSR count). The summed E-state index contributed by atoms with van der Waals surface area (Å²) in [5.74, 6) is 1.46. The Bertz CT molecular complexity index is 621. The molecule has 0 saturated carbocycles. The van der Waals surface area contributed by atoms with Crippen molar-refractivity contribution in [2.75, 3.05) is 11.9 Å². The highest BCUT2D eigenvalue weighted by Gasteiger charge is 2.27. The van der Waals surface area contributed by atoms with E-state index in [4.69, 9.17) is 4.74 Å². The van der Waals surface area contributed by atoms with Gasteiger partial charge in [0.05, 0.1) is 12.6 Å². The third kappa shape index (κ3) is 2.26. The van der Waals surface area contributed by atoms with Gasteiger partial charge in [0.15, 0.2) is 0 Å². The molecule has 2 nitrogen and oxygen atoms in total. The van der Waals surface area contributed by atoms with Crippen LogP contribution in [0.5, 0.6) is 5.75 Å². The highest BCUT2D eigenvalue weighted by molar-refractivity contribution is 5.56. The number of fused-ring (bicyclic) bond motifs is 1. The van der Waals surface area contributed by atoms with Crippen LogP contribution in [0.25, 0.3) is 0 Å². The van der Waals surface area contributed by atoms with Gasteiger partial charge in [0.25, 0.3) is 0 Å². The van der Waals surface area contributed by atoms with Crippen molar-refractivity contribution in [3.63, 3.8) is 0 Å². The summed E-state index contributed by atoms with van der Waals surface area (Å²) in [5.41, 5.74) is 5.12. The maximum Gasteiger partial charge on any atom is 0.124 e. The van der Waals surface area contributed by atoms with Crippen LogP contribution in [-0.2, 0) is 0 Å². The summed E-state index contributed by atoms with van der Waals surface area (Å²) in [6.07, 6.45) is 0. The molecule has 104 valence electrons. The van der Waals surface area contributed by atoms with Crippen molar-refractivity contribution in [1.29, 1.82) is 0 Å². The minimum Gasteiger partial charge on any atom is -0.493 e. The summed E-state index contributed by atoms with van der Waals surface area (Å²) in [6.45, 7) is 7.33. The summed E-state index contributed by atoms with van der Waals surface area (Å²) in [4.78, 5) is 0. The van der Waals surface area contributed by atoms with Gasteiger partial charge in [-0.15, -0.1) is 0 Å². The molecule has 2 aromatic rings. The Morgan fingerprint density at radius 2 is 1.85 bits per heavy atom. The minimum atomic E-state index is 0.306. The van der Waals surface area contributed by atoms with E-state index < -0.39 is 0 Å². The number of aryl methyl sites for hydroxylation is 1. The standard InChI is InChI=1S/C18H21NO/c1-12-7-6-9-16(14(12)3)19-18-13(2)11-20-17-10-5-4-8-15(17)18/h4-10,13,18-19H,11H2,1-3H3. The number of hydrogen-bond donors (Lipinski definition) is 1. The van der Waals surface area contributed by atoms with Gasteiger partial charge in [-0.3, -0.25) is 0 Å². The molecular formula is C18H21NO. The van der Waals surface area contributed by atoms with Crippen LogP contribution in [0.3, 0.4) is 0 Å². The van der Waals surface area contributed by atoms with E-state index in [9.17, 15) is 0 Å². The smallest absolute Gasteiger partial charge is 0.124 e. The van der Waals surface area contributed by atoms with E-state index in [1.165, 1.54) is 22.4 Å². The average Bonchev–Trinajstić information content (AvgIpc) is 2.46. The van der Waals surface area contributed by atoms with Crippen LogP contribution in [0.15, 0.2) is 42.5 Å². The molecule has 1 aliphatic heterocycles. The fourth-order valence-electron chi connectivity index (χ4n) is 2.79. The van der Waals surface area contributed by atoms with Crippen LogP contribution in [-0.4, -0.2) is 6.61 Å². The van der Waals surface area contributed by atoms with Crippen LogP contribution >= 0.6 is 0 Å². The normalized spacial score (nSPS) is 20.9. The van der Waals surface area contributed by atoms with E-state index >= 15 is 0 Å². The molecule has 2 heteroatoms. The molecule has 0 bridgehead atoms. The molecule has 0 saturated heterocycles.